The Morgan fingerprint density at radius 2 is 2.00 bits per heavy atom. The van der Waals surface area contributed by atoms with Crippen molar-refractivity contribution in [3.63, 3.8) is 0 Å². The molecule has 2 saturated heterocycles. The lowest BCUT2D eigenvalue weighted by Gasteiger charge is -2.26. The van der Waals surface area contributed by atoms with Gasteiger partial charge in [-0.25, -0.2) is 9.78 Å². The van der Waals surface area contributed by atoms with Crippen LogP contribution in [0.5, 0.6) is 0 Å². The molecule has 2 aliphatic heterocycles. The fourth-order valence-electron chi connectivity index (χ4n) is 3.42. The minimum atomic E-state index is -0.285. The maximum atomic E-state index is 12.5. The predicted molar refractivity (Wildman–Crippen MR) is 87.0 cm³/mol. The zero-order valence-electron chi connectivity index (χ0n) is 13.6. The first-order valence-corrected chi connectivity index (χ1v) is 8.29. The molecule has 4 rings (SSSR count). The van der Waals surface area contributed by atoms with Crippen LogP contribution in [0.1, 0.15) is 30.7 Å². The molecule has 0 unspecified atom stereocenters. The number of urea groups is 1. The molecule has 1 atom stereocenters. The third kappa shape index (κ3) is 2.38. The van der Waals surface area contributed by atoms with Crippen molar-refractivity contribution in [1.82, 2.24) is 14.8 Å². The standard InChI is InChI=1S/C18H19N3O3/c1-12-14(19-16(24-12)13-7-3-2-4-8-13)11-21-17(22)15-9-5-6-10-20(15)18(21)23/h2-4,7-8,15H,5-6,9-11H2,1H3/t15-/m1/s1. The van der Waals surface area contributed by atoms with Crippen LogP contribution in [0.15, 0.2) is 34.7 Å². The van der Waals surface area contributed by atoms with Gasteiger partial charge in [-0.05, 0) is 38.3 Å². The Hall–Kier alpha value is -2.63. The van der Waals surface area contributed by atoms with Gasteiger partial charge in [-0.3, -0.25) is 9.69 Å². The van der Waals surface area contributed by atoms with Crippen molar-refractivity contribution in [2.75, 3.05) is 6.54 Å². The van der Waals surface area contributed by atoms with E-state index in [1.165, 1.54) is 4.90 Å². The van der Waals surface area contributed by atoms with Crippen molar-refractivity contribution in [3.8, 4) is 11.5 Å². The number of amides is 3. The minimum absolute atomic E-state index is 0.108. The van der Waals surface area contributed by atoms with Gasteiger partial charge < -0.3 is 9.32 Å². The summed E-state index contributed by atoms with van der Waals surface area (Å²) < 4.78 is 5.73. The Morgan fingerprint density at radius 1 is 1.21 bits per heavy atom. The van der Waals surface area contributed by atoms with Gasteiger partial charge >= 0.3 is 6.03 Å². The summed E-state index contributed by atoms with van der Waals surface area (Å²) in [5.41, 5.74) is 1.51. The first-order chi connectivity index (χ1) is 11.6. The SMILES string of the molecule is Cc1oc(-c2ccccc2)nc1CN1C(=O)[C@H]2CCCCN2C1=O. The predicted octanol–water partition coefficient (Wildman–Crippen LogP) is 2.97. The van der Waals surface area contributed by atoms with Gasteiger partial charge in [0.05, 0.1) is 6.54 Å². The number of imide groups is 1. The van der Waals surface area contributed by atoms with Crippen molar-refractivity contribution in [3.05, 3.63) is 41.8 Å². The number of hydrogen-bond acceptors (Lipinski definition) is 4. The number of nitrogens with zero attached hydrogens (tertiary/aromatic N) is 3. The van der Waals surface area contributed by atoms with Gasteiger partial charge in [0.15, 0.2) is 0 Å². The van der Waals surface area contributed by atoms with E-state index in [9.17, 15) is 9.59 Å². The molecule has 0 radical (unpaired) electrons. The normalized spacial score (nSPS) is 20.6. The number of oxazole rings is 1. The molecule has 1 aromatic carbocycles. The number of carbonyl (C=O) groups is 2. The molecular formula is C18H19N3O3. The van der Waals surface area contributed by atoms with Gasteiger partial charge in [0, 0.05) is 12.1 Å². The lowest BCUT2D eigenvalue weighted by molar-refractivity contribution is -0.129. The van der Waals surface area contributed by atoms with Crippen molar-refractivity contribution in [1.29, 1.82) is 0 Å². The third-order valence-electron chi connectivity index (χ3n) is 4.75. The molecule has 0 saturated carbocycles. The van der Waals surface area contributed by atoms with E-state index < -0.39 is 0 Å². The molecule has 3 heterocycles. The maximum absolute atomic E-state index is 12.5. The first-order valence-electron chi connectivity index (χ1n) is 8.29. The zero-order chi connectivity index (χ0) is 16.7. The molecule has 6 heteroatoms. The van der Waals surface area contributed by atoms with E-state index in [4.69, 9.17) is 4.42 Å². The number of hydrogen-bond donors (Lipinski definition) is 0. The number of rotatable bonds is 3. The highest BCUT2D eigenvalue weighted by atomic mass is 16.4. The van der Waals surface area contributed by atoms with E-state index in [-0.39, 0.29) is 24.5 Å². The van der Waals surface area contributed by atoms with Gasteiger partial charge in [-0.1, -0.05) is 18.2 Å². The van der Waals surface area contributed by atoms with Crippen molar-refractivity contribution < 1.29 is 14.0 Å². The van der Waals surface area contributed by atoms with Gasteiger partial charge in [0.2, 0.25) is 5.89 Å². The van der Waals surface area contributed by atoms with Crippen LogP contribution in [-0.2, 0) is 11.3 Å². The van der Waals surface area contributed by atoms with E-state index in [0.29, 0.717) is 23.9 Å². The Labute approximate surface area is 140 Å². The van der Waals surface area contributed by atoms with Gasteiger partial charge in [0.1, 0.15) is 17.5 Å². The summed E-state index contributed by atoms with van der Waals surface area (Å²) in [4.78, 5) is 32.6. The highest BCUT2D eigenvalue weighted by Gasteiger charge is 2.46. The Kier molecular flexibility index (Phi) is 3.59. The summed E-state index contributed by atoms with van der Waals surface area (Å²) in [7, 11) is 0. The summed E-state index contributed by atoms with van der Waals surface area (Å²) in [5.74, 6) is 1.04. The molecule has 2 aliphatic rings. The number of aromatic nitrogens is 1. The van der Waals surface area contributed by atoms with Crippen molar-refractivity contribution in [2.45, 2.75) is 38.8 Å². The zero-order valence-corrected chi connectivity index (χ0v) is 13.6. The molecule has 124 valence electrons. The van der Waals surface area contributed by atoms with Crippen LogP contribution in [-0.4, -0.2) is 39.3 Å². The van der Waals surface area contributed by atoms with Crippen LogP contribution < -0.4 is 0 Å². The molecule has 24 heavy (non-hydrogen) atoms. The average molecular weight is 325 g/mol. The molecule has 0 aliphatic carbocycles. The third-order valence-corrected chi connectivity index (χ3v) is 4.75. The fraction of sp³-hybridized carbons (Fsp3) is 0.389. The summed E-state index contributed by atoms with van der Waals surface area (Å²) in [6, 6.07) is 9.11. The van der Waals surface area contributed by atoms with Crippen molar-refractivity contribution >= 4 is 11.9 Å². The number of carbonyl (C=O) groups excluding carboxylic acids is 2. The van der Waals surface area contributed by atoms with E-state index in [0.717, 1.165) is 24.8 Å². The summed E-state index contributed by atoms with van der Waals surface area (Å²) >= 11 is 0. The van der Waals surface area contributed by atoms with E-state index in [2.05, 4.69) is 4.98 Å². The lowest BCUT2D eigenvalue weighted by atomic mass is 10.0. The molecule has 3 amide bonds. The second-order valence-corrected chi connectivity index (χ2v) is 6.30. The van der Waals surface area contributed by atoms with Crippen LogP contribution in [0.4, 0.5) is 4.79 Å². The highest BCUT2D eigenvalue weighted by molar-refractivity contribution is 6.04. The number of fused-ring (bicyclic) bond motifs is 1. The molecule has 0 bridgehead atoms. The van der Waals surface area contributed by atoms with Crippen LogP contribution in [0.3, 0.4) is 0 Å². The summed E-state index contributed by atoms with van der Waals surface area (Å²) in [6.45, 7) is 2.65. The number of piperidine rings is 1. The largest absolute Gasteiger partial charge is 0.441 e. The maximum Gasteiger partial charge on any atom is 0.327 e. The second kappa shape index (κ2) is 5.78. The van der Waals surface area contributed by atoms with Crippen LogP contribution in [0, 0.1) is 6.92 Å². The minimum Gasteiger partial charge on any atom is -0.441 e. The van der Waals surface area contributed by atoms with E-state index in [1.54, 1.807) is 4.90 Å². The lowest BCUT2D eigenvalue weighted by Crippen LogP contribution is -2.38. The van der Waals surface area contributed by atoms with Crippen LogP contribution in [0.25, 0.3) is 11.5 Å². The van der Waals surface area contributed by atoms with Crippen molar-refractivity contribution in [2.24, 2.45) is 0 Å². The average Bonchev–Trinajstić information content (AvgIpc) is 3.10. The second-order valence-electron chi connectivity index (χ2n) is 6.30. The van der Waals surface area contributed by atoms with Gasteiger partial charge in [0.25, 0.3) is 5.91 Å². The van der Waals surface area contributed by atoms with Gasteiger partial charge in [-0.2, -0.15) is 0 Å². The molecule has 0 spiro atoms. The van der Waals surface area contributed by atoms with E-state index in [1.807, 2.05) is 37.3 Å². The fourth-order valence-corrected chi connectivity index (χ4v) is 3.42. The smallest absolute Gasteiger partial charge is 0.327 e. The topological polar surface area (TPSA) is 66.7 Å². The monoisotopic (exact) mass is 325 g/mol. The number of aryl methyl sites for hydroxylation is 1. The summed E-state index contributed by atoms with van der Waals surface area (Å²) in [6.07, 6.45) is 2.72. The molecular weight excluding hydrogens is 306 g/mol. The van der Waals surface area contributed by atoms with Crippen LogP contribution in [0.2, 0.25) is 0 Å². The van der Waals surface area contributed by atoms with Gasteiger partial charge in [-0.15, -0.1) is 0 Å². The molecule has 2 fully saturated rings. The Bertz CT molecular complexity index is 760. The molecule has 0 N–H and O–H groups in total. The van der Waals surface area contributed by atoms with E-state index >= 15 is 0 Å². The number of benzene rings is 1. The Morgan fingerprint density at radius 3 is 2.75 bits per heavy atom. The molecule has 1 aromatic heterocycles. The highest BCUT2D eigenvalue weighted by Crippen LogP contribution is 2.29. The molecule has 2 aromatic rings. The Balaban J connectivity index is 1.58. The summed E-state index contributed by atoms with van der Waals surface area (Å²) in [5, 5.41) is 0. The van der Waals surface area contributed by atoms with Crippen LogP contribution >= 0.6 is 0 Å². The quantitative estimate of drug-likeness (QED) is 0.814. The first kappa shape index (κ1) is 14.9. The molecule has 6 nitrogen and oxygen atoms in total.